The normalized spacial score (nSPS) is 10.6. The summed E-state index contributed by atoms with van der Waals surface area (Å²) in [5.41, 5.74) is 0.659. The third kappa shape index (κ3) is 4.37. The molecule has 0 saturated carbocycles. The predicted octanol–water partition coefficient (Wildman–Crippen LogP) is 2.21. The highest BCUT2D eigenvalue weighted by Gasteiger charge is 2.19. The molecule has 156 valence electrons. The van der Waals surface area contributed by atoms with E-state index in [9.17, 15) is 14.9 Å². The average molecular weight is 420 g/mol. The van der Waals surface area contributed by atoms with Gasteiger partial charge in [0.2, 0.25) is 5.82 Å². The summed E-state index contributed by atoms with van der Waals surface area (Å²) in [4.78, 5) is 24.5. The van der Waals surface area contributed by atoms with Crippen molar-refractivity contribution in [2.75, 3.05) is 12.4 Å². The summed E-state index contributed by atoms with van der Waals surface area (Å²) >= 11 is 0. The summed E-state index contributed by atoms with van der Waals surface area (Å²) in [5.74, 6) is 0.185. The number of anilines is 1. The van der Waals surface area contributed by atoms with E-state index in [1.807, 2.05) is 30.3 Å². The fourth-order valence-corrected chi connectivity index (χ4v) is 2.78. The highest BCUT2D eigenvalue weighted by Crippen LogP contribution is 2.29. The molecule has 31 heavy (non-hydrogen) atoms. The maximum absolute atomic E-state index is 12.5. The van der Waals surface area contributed by atoms with E-state index < -0.39 is 10.8 Å². The monoisotopic (exact) mass is 420 g/mol. The van der Waals surface area contributed by atoms with Crippen molar-refractivity contribution in [2.24, 2.45) is 0 Å². The molecule has 0 aliphatic heterocycles. The third-order valence-corrected chi connectivity index (χ3v) is 4.28. The van der Waals surface area contributed by atoms with Gasteiger partial charge in [-0.1, -0.05) is 30.3 Å². The van der Waals surface area contributed by atoms with Gasteiger partial charge in [-0.25, -0.2) is 4.68 Å². The molecule has 2 aromatic heterocycles. The van der Waals surface area contributed by atoms with Crippen LogP contribution in [0.25, 0.3) is 11.4 Å². The zero-order valence-electron chi connectivity index (χ0n) is 16.2. The van der Waals surface area contributed by atoms with E-state index in [0.29, 0.717) is 11.6 Å². The number of hydrogen-bond acceptors (Lipinski definition) is 8. The molecule has 0 spiro atoms. The molecule has 12 heteroatoms. The molecule has 2 heterocycles. The zero-order valence-corrected chi connectivity index (χ0v) is 16.2. The number of carbonyl (C=O) groups is 1. The lowest BCUT2D eigenvalue weighted by molar-refractivity contribution is -0.384. The quantitative estimate of drug-likeness (QED) is 0.354. The number of nitro groups is 1. The predicted molar refractivity (Wildman–Crippen MR) is 108 cm³/mol. The van der Waals surface area contributed by atoms with Crippen molar-refractivity contribution in [1.82, 2.24) is 30.0 Å². The van der Waals surface area contributed by atoms with E-state index in [1.54, 1.807) is 6.20 Å². The van der Waals surface area contributed by atoms with Gasteiger partial charge in [-0.15, -0.1) is 15.0 Å². The van der Waals surface area contributed by atoms with Gasteiger partial charge in [-0.2, -0.15) is 5.10 Å². The molecule has 1 amide bonds. The molecule has 12 nitrogen and oxygen atoms in total. The van der Waals surface area contributed by atoms with Crippen molar-refractivity contribution >= 4 is 17.3 Å². The number of benzene rings is 2. The van der Waals surface area contributed by atoms with E-state index in [4.69, 9.17) is 4.74 Å². The van der Waals surface area contributed by atoms with E-state index in [0.717, 1.165) is 5.56 Å². The first kappa shape index (κ1) is 19.7. The average Bonchev–Trinajstić information content (AvgIpc) is 3.45. The summed E-state index contributed by atoms with van der Waals surface area (Å²) in [6.45, 7) is 0.135. The Balaban J connectivity index is 1.46. The number of rotatable bonds is 7. The molecule has 0 bridgehead atoms. The van der Waals surface area contributed by atoms with Gasteiger partial charge >= 0.3 is 0 Å². The van der Waals surface area contributed by atoms with Crippen LogP contribution in [0.4, 0.5) is 11.4 Å². The highest BCUT2D eigenvalue weighted by atomic mass is 16.6. The van der Waals surface area contributed by atoms with Gasteiger partial charge in [0.25, 0.3) is 11.6 Å². The van der Waals surface area contributed by atoms with Crippen LogP contribution < -0.4 is 10.1 Å². The van der Waals surface area contributed by atoms with Crippen molar-refractivity contribution in [3.05, 3.63) is 76.6 Å². The molecular formula is C19H16N8O4. The van der Waals surface area contributed by atoms with Gasteiger partial charge in [0.15, 0.2) is 12.4 Å². The summed E-state index contributed by atoms with van der Waals surface area (Å²) in [5, 5.41) is 30.2. The van der Waals surface area contributed by atoms with Crippen LogP contribution in [0.5, 0.6) is 5.75 Å². The molecule has 2 aromatic carbocycles. The second-order valence-electron chi connectivity index (χ2n) is 6.33. The first-order chi connectivity index (χ1) is 15.0. The van der Waals surface area contributed by atoms with Gasteiger partial charge in [0.1, 0.15) is 11.4 Å². The lowest BCUT2D eigenvalue weighted by Gasteiger charge is -2.06. The van der Waals surface area contributed by atoms with Crippen molar-refractivity contribution in [1.29, 1.82) is 0 Å². The maximum atomic E-state index is 12.5. The topological polar surface area (TPSA) is 143 Å². The van der Waals surface area contributed by atoms with Crippen LogP contribution in [-0.4, -0.2) is 47.9 Å². The lowest BCUT2D eigenvalue weighted by atomic mass is 10.2. The molecule has 0 saturated heterocycles. The fourth-order valence-electron chi connectivity index (χ4n) is 2.78. The smallest absolute Gasteiger partial charge is 0.296 e. The molecule has 0 fully saturated rings. The molecular weight excluding hydrogens is 404 g/mol. The van der Waals surface area contributed by atoms with Crippen LogP contribution >= 0.6 is 0 Å². The largest absolute Gasteiger partial charge is 0.496 e. The minimum Gasteiger partial charge on any atom is -0.496 e. The van der Waals surface area contributed by atoms with E-state index >= 15 is 0 Å². The van der Waals surface area contributed by atoms with Gasteiger partial charge < -0.3 is 10.1 Å². The zero-order chi connectivity index (χ0) is 21.8. The minimum atomic E-state index is -0.600. The minimum absolute atomic E-state index is 0.0378. The third-order valence-electron chi connectivity index (χ3n) is 4.28. The summed E-state index contributed by atoms with van der Waals surface area (Å²) in [7, 11) is 1.40. The van der Waals surface area contributed by atoms with Crippen molar-refractivity contribution in [2.45, 2.75) is 6.67 Å². The SMILES string of the molecule is COc1ccc(NC(=O)c2ccn(Cn3nnc(-c4ccccc4)n3)n2)c([N+](=O)[O-])c1. The van der Waals surface area contributed by atoms with Crippen LogP contribution in [0.15, 0.2) is 60.8 Å². The van der Waals surface area contributed by atoms with Crippen molar-refractivity contribution < 1.29 is 14.5 Å². The van der Waals surface area contributed by atoms with Crippen LogP contribution in [0.3, 0.4) is 0 Å². The molecule has 1 N–H and O–H groups in total. The molecule has 4 aromatic rings. The Labute approximate surface area is 175 Å². The van der Waals surface area contributed by atoms with E-state index in [-0.39, 0.29) is 23.7 Å². The Morgan fingerprint density at radius 1 is 1.16 bits per heavy atom. The number of hydrogen-bond donors (Lipinski definition) is 1. The molecule has 0 unspecified atom stereocenters. The number of methoxy groups -OCH3 is 1. The Morgan fingerprint density at radius 3 is 2.71 bits per heavy atom. The second kappa shape index (κ2) is 8.41. The van der Waals surface area contributed by atoms with Crippen LogP contribution in [-0.2, 0) is 6.67 Å². The summed E-state index contributed by atoms with van der Waals surface area (Å²) in [6, 6.07) is 15.0. The van der Waals surface area contributed by atoms with E-state index in [1.165, 1.54) is 40.9 Å². The van der Waals surface area contributed by atoms with Crippen LogP contribution in [0.1, 0.15) is 10.5 Å². The maximum Gasteiger partial charge on any atom is 0.296 e. The van der Waals surface area contributed by atoms with E-state index in [2.05, 4.69) is 25.8 Å². The summed E-state index contributed by atoms with van der Waals surface area (Å²) in [6.07, 6.45) is 1.57. The number of nitrogens with zero attached hydrogens (tertiary/aromatic N) is 7. The standard InChI is InChI=1S/C19H16N8O4/c1-31-14-7-8-15(17(11-14)27(29)30)20-19(28)16-9-10-25(22-16)12-26-23-18(21-24-26)13-5-3-2-4-6-13/h2-11H,12H2,1H3,(H,20,28). The number of ether oxygens (including phenoxy) is 1. The Morgan fingerprint density at radius 2 is 1.97 bits per heavy atom. The number of aromatic nitrogens is 6. The molecule has 0 aliphatic rings. The number of carbonyl (C=O) groups excluding carboxylic acids is 1. The molecule has 0 radical (unpaired) electrons. The Kier molecular flexibility index (Phi) is 5.34. The number of nitro benzene ring substituents is 1. The lowest BCUT2D eigenvalue weighted by Crippen LogP contribution is -2.16. The van der Waals surface area contributed by atoms with Crippen molar-refractivity contribution in [3.8, 4) is 17.1 Å². The highest BCUT2D eigenvalue weighted by molar-refractivity contribution is 6.04. The Bertz CT molecular complexity index is 1230. The first-order valence-electron chi connectivity index (χ1n) is 9.04. The Hall–Kier alpha value is -4.61. The van der Waals surface area contributed by atoms with Gasteiger partial charge in [-0.05, 0) is 23.4 Å². The second-order valence-corrected chi connectivity index (χ2v) is 6.33. The summed E-state index contributed by atoms with van der Waals surface area (Å²) < 4.78 is 6.44. The van der Waals surface area contributed by atoms with Crippen molar-refractivity contribution in [3.63, 3.8) is 0 Å². The molecule has 4 rings (SSSR count). The van der Waals surface area contributed by atoms with Gasteiger partial charge in [-0.3, -0.25) is 14.9 Å². The molecule has 0 atom stereocenters. The van der Waals surface area contributed by atoms with Gasteiger partial charge in [0.05, 0.1) is 18.1 Å². The first-order valence-corrected chi connectivity index (χ1v) is 9.04. The molecule has 0 aliphatic carbocycles. The number of amides is 1. The number of nitrogens with one attached hydrogen (secondary N) is 1. The van der Waals surface area contributed by atoms with Crippen LogP contribution in [0, 0.1) is 10.1 Å². The fraction of sp³-hybridized carbons (Fsp3) is 0.105. The van der Waals surface area contributed by atoms with Gasteiger partial charge in [0, 0.05) is 11.8 Å². The van der Waals surface area contributed by atoms with Crippen LogP contribution in [0.2, 0.25) is 0 Å². The number of tetrazole rings is 1.